The van der Waals surface area contributed by atoms with E-state index in [0.29, 0.717) is 20.8 Å². The van der Waals surface area contributed by atoms with Crippen LogP contribution in [0.25, 0.3) is 0 Å². The Morgan fingerprint density at radius 2 is 2.11 bits per heavy atom. The van der Waals surface area contributed by atoms with Crippen molar-refractivity contribution >= 4 is 33.3 Å². The van der Waals surface area contributed by atoms with Gasteiger partial charge in [-0.25, -0.2) is 9.37 Å². The topological polar surface area (TPSA) is 30.0 Å². The van der Waals surface area contributed by atoms with E-state index in [2.05, 4.69) is 20.9 Å². The van der Waals surface area contributed by atoms with Gasteiger partial charge in [0, 0.05) is 22.7 Å². The van der Waals surface area contributed by atoms with Gasteiger partial charge in [-0.2, -0.15) is 0 Å². The number of aromatic nitrogens is 1. The Morgan fingerprint density at radius 1 is 1.33 bits per heavy atom. The molecule has 92 valence electrons. The summed E-state index contributed by atoms with van der Waals surface area (Å²) in [6, 6.07) is 7.41. The van der Waals surface area contributed by atoms with Gasteiger partial charge in [0.1, 0.15) is 11.0 Å². The first-order chi connectivity index (χ1) is 8.56. The van der Waals surface area contributed by atoms with Crippen LogP contribution in [0, 0.1) is 5.82 Å². The summed E-state index contributed by atoms with van der Waals surface area (Å²) in [6.07, 6.45) is 1.53. The van der Waals surface area contributed by atoms with E-state index in [1.807, 2.05) is 0 Å². The number of benzene rings is 1. The molecular weight excluding hydrogens is 321 g/mol. The van der Waals surface area contributed by atoms with Crippen LogP contribution in [0.4, 0.5) is 4.39 Å². The summed E-state index contributed by atoms with van der Waals surface area (Å²) in [5.74, 6) is -0.499. The number of hydrogen-bond donors (Lipinski definition) is 0. The van der Waals surface area contributed by atoms with Crippen molar-refractivity contribution in [1.29, 1.82) is 0 Å². The Bertz CT molecular complexity index is 586. The summed E-state index contributed by atoms with van der Waals surface area (Å²) < 4.78 is 13.8. The van der Waals surface area contributed by atoms with Crippen LogP contribution in [0.15, 0.2) is 41.0 Å². The van der Waals surface area contributed by atoms with Crippen LogP contribution in [0.5, 0.6) is 0 Å². The van der Waals surface area contributed by atoms with Gasteiger partial charge in [-0.1, -0.05) is 27.5 Å². The molecule has 2 rings (SSSR count). The molecule has 0 saturated heterocycles. The van der Waals surface area contributed by atoms with Crippen LogP contribution < -0.4 is 0 Å². The first-order valence-electron chi connectivity index (χ1n) is 5.15. The zero-order valence-electron chi connectivity index (χ0n) is 9.16. The molecule has 0 radical (unpaired) electrons. The number of hydrogen-bond acceptors (Lipinski definition) is 2. The lowest BCUT2D eigenvalue weighted by Gasteiger charge is -2.04. The molecule has 0 saturated carbocycles. The Morgan fingerprint density at radius 3 is 2.78 bits per heavy atom. The smallest absolute Gasteiger partial charge is 0.168 e. The molecule has 0 atom stereocenters. The standard InChI is InChI=1S/C13H8BrClFNO/c14-11-3-2-10(16)5-9(11)6-12(18)8-1-4-13(15)17-7-8/h1-5,7H,6H2. The summed E-state index contributed by atoms with van der Waals surface area (Å²) in [6.45, 7) is 0. The van der Waals surface area contributed by atoms with Gasteiger partial charge in [-0.3, -0.25) is 4.79 Å². The van der Waals surface area contributed by atoms with Gasteiger partial charge in [-0.15, -0.1) is 0 Å². The predicted molar refractivity (Wildman–Crippen MR) is 71.4 cm³/mol. The number of carbonyl (C=O) groups is 1. The minimum atomic E-state index is -0.366. The van der Waals surface area contributed by atoms with E-state index in [1.165, 1.54) is 18.3 Å². The average Bonchev–Trinajstić information content (AvgIpc) is 2.34. The van der Waals surface area contributed by atoms with Crippen molar-refractivity contribution in [2.45, 2.75) is 6.42 Å². The van der Waals surface area contributed by atoms with E-state index in [1.54, 1.807) is 18.2 Å². The number of Topliss-reactive ketones (excluding diaryl/α,β-unsaturated/α-hetero) is 1. The van der Waals surface area contributed by atoms with Crippen molar-refractivity contribution in [3.05, 3.63) is 63.1 Å². The third kappa shape index (κ3) is 3.15. The Kier molecular flexibility index (Phi) is 4.09. The SMILES string of the molecule is O=C(Cc1cc(F)ccc1Br)c1ccc(Cl)nc1. The zero-order chi connectivity index (χ0) is 13.1. The van der Waals surface area contributed by atoms with Gasteiger partial charge < -0.3 is 0 Å². The normalized spacial score (nSPS) is 10.4. The summed E-state index contributed by atoms with van der Waals surface area (Å²) in [5.41, 5.74) is 1.06. The van der Waals surface area contributed by atoms with Crippen molar-refractivity contribution < 1.29 is 9.18 Å². The Hall–Kier alpha value is -1.26. The number of carbonyl (C=O) groups excluding carboxylic acids is 1. The maximum atomic E-state index is 13.1. The van der Waals surface area contributed by atoms with Crippen molar-refractivity contribution in [3.8, 4) is 0 Å². The molecule has 0 N–H and O–H groups in total. The van der Waals surface area contributed by atoms with Crippen LogP contribution in [-0.2, 0) is 6.42 Å². The van der Waals surface area contributed by atoms with Gasteiger partial charge in [0.15, 0.2) is 5.78 Å². The highest BCUT2D eigenvalue weighted by molar-refractivity contribution is 9.10. The summed E-state index contributed by atoms with van der Waals surface area (Å²) in [7, 11) is 0. The van der Waals surface area contributed by atoms with Gasteiger partial charge in [0.2, 0.25) is 0 Å². The van der Waals surface area contributed by atoms with Crippen LogP contribution in [0.2, 0.25) is 5.15 Å². The van der Waals surface area contributed by atoms with Crippen molar-refractivity contribution in [3.63, 3.8) is 0 Å². The van der Waals surface area contributed by atoms with E-state index < -0.39 is 0 Å². The van der Waals surface area contributed by atoms with E-state index in [0.717, 1.165) is 0 Å². The summed E-state index contributed by atoms with van der Waals surface area (Å²) in [4.78, 5) is 15.8. The second-order valence-electron chi connectivity index (χ2n) is 3.71. The van der Waals surface area contributed by atoms with Gasteiger partial charge in [0.25, 0.3) is 0 Å². The number of ketones is 1. The fraction of sp³-hybridized carbons (Fsp3) is 0.0769. The molecule has 0 aliphatic heterocycles. The molecule has 0 aliphatic rings. The zero-order valence-corrected chi connectivity index (χ0v) is 11.5. The molecule has 2 aromatic rings. The maximum Gasteiger partial charge on any atom is 0.168 e. The Labute approximate surface area is 117 Å². The van der Waals surface area contributed by atoms with Crippen molar-refractivity contribution in [2.24, 2.45) is 0 Å². The lowest BCUT2D eigenvalue weighted by Crippen LogP contribution is -2.05. The molecule has 0 spiro atoms. The third-order valence-electron chi connectivity index (χ3n) is 2.41. The van der Waals surface area contributed by atoms with Crippen LogP contribution in [0.1, 0.15) is 15.9 Å². The average molecular weight is 329 g/mol. The highest BCUT2D eigenvalue weighted by atomic mass is 79.9. The molecule has 0 unspecified atom stereocenters. The number of rotatable bonds is 3. The number of halogens is 3. The van der Waals surface area contributed by atoms with Crippen LogP contribution >= 0.6 is 27.5 Å². The minimum absolute atomic E-state index is 0.113. The monoisotopic (exact) mass is 327 g/mol. The molecule has 0 amide bonds. The second-order valence-corrected chi connectivity index (χ2v) is 4.95. The molecule has 5 heteroatoms. The third-order valence-corrected chi connectivity index (χ3v) is 3.41. The van der Waals surface area contributed by atoms with Crippen molar-refractivity contribution in [1.82, 2.24) is 4.98 Å². The van der Waals surface area contributed by atoms with Crippen LogP contribution in [0.3, 0.4) is 0 Å². The molecular formula is C13H8BrClFNO. The lowest BCUT2D eigenvalue weighted by atomic mass is 10.0. The molecule has 1 aromatic heterocycles. The van der Waals surface area contributed by atoms with Gasteiger partial charge >= 0.3 is 0 Å². The van der Waals surface area contributed by atoms with E-state index in [9.17, 15) is 9.18 Å². The molecule has 0 aliphatic carbocycles. The fourth-order valence-electron chi connectivity index (χ4n) is 1.49. The van der Waals surface area contributed by atoms with E-state index in [4.69, 9.17) is 11.6 Å². The largest absolute Gasteiger partial charge is 0.294 e. The van der Waals surface area contributed by atoms with Crippen molar-refractivity contribution in [2.75, 3.05) is 0 Å². The highest BCUT2D eigenvalue weighted by Gasteiger charge is 2.10. The lowest BCUT2D eigenvalue weighted by molar-refractivity contribution is 0.0992. The minimum Gasteiger partial charge on any atom is -0.294 e. The first-order valence-corrected chi connectivity index (χ1v) is 6.32. The predicted octanol–water partition coefficient (Wildman–Crippen LogP) is 4.06. The van der Waals surface area contributed by atoms with Gasteiger partial charge in [-0.05, 0) is 35.9 Å². The maximum absolute atomic E-state index is 13.1. The molecule has 0 bridgehead atoms. The number of nitrogens with zero attached hydrogens (tertiary/aromatic N) is 1. The van der Waals surface area contributed by atoms with Crippen LogP contribution in [-0.4, -0.2) is 10.8 Å². The first kappa shape index (κ1) is 13.2. The fourth-order valence-corrected chi connectivity index (χ4v) is 1.99. The highest BCUT2D eigenvalue weighted by Crippen LogP contribution is 2.20. The molecule has 0 fully saturated rings. The molecule has 1 heterocycles. The molecule has 1 aromatic carbocycles. The molecule has 18 heavy (non-hydrogen) atoms. The quantitative estimate of drug-likeness (QED) is 0.628. The number of pyridine rings is 1. The van der Waals surface area contributed by atoms with E-state index >= 15 is 0 Å². The summed E-state index contributed by atoms with van der Waals surface area (Å²) in [5, 5.41) is 0.332. The second kappa shape index (κ2) is 5.59. The molecule has 2 nitrogen and oxygen atoms in total. The summed E-state index contributed by atoms with van der Waals surface area (Å²) >= 11 is 8.93. The van der Waals surface area contributed by atoms with E-state index in [-0.39, 0.29) is 18.0 Å². The Balaban J connectivity index is 2.21. The van der Waals surface area contributed by atoms with Gasteiger partial charge in [0.05, 0.1) is 0 Å².